The number of benzene rings is 2. The molecule has 118 valence electrons. The van der Waals surface area contributed by atoms with Crippen molar-refractivity contribution in [3.63, 3.8) is 0 Å². The highest BCUT2D eigenvalue weighted by Crippen LogP contribution is 2.52. The van der Waals surface area contributed by atoms with Crippen LogP contribution in [0.15, 0.2) is 42.5 Å². The Morgan fingerprint density at radius 2 is 1.83 bits per heavy atom. The molecule has 0 bridgehead atoms. The molecule has 1 nitrogen and oxygen atoms in total. The van der Waals surface area contributed by atoms with E-state index in [0.717, 1.165) is 28.3 Å². The van der Waals surface area contributed by atoms with Gasteiger partial charge in [0.1, 0.15) is 0 Å². The Labute approximate surface area is 151 Å². The first-order valence-corrected chi connectivity index (χ1v) is 8.87. The predicted molar refractivity (Wildman–Crippen MR) is 99.0 cm³/mol. The first-order valence-electron chi connectivity index (χ1n) is 7.74. The van der Waals surface area contributed by atoms with E-state index >= 15 is 0 Å². The Hall–Kier alpha value is -1.15. The van der Waals surface area contributed by atoms with Gasteiger partial charge >= 0.3 is 0 Å². The van der Waals surface area contributed by atoms with Gasteiger partial charge in [-0.2, -0.15) is 0 Å². The average molecular weight is 365 g/mol. The molecule has 4 rings (SSSR count). The fraction of sp³-hybridized carbons (Fsp3) is 0.263. The lowest BCUT2D eigenvalue weighted by molar-refractivity contribution is 0.425. The van der Waals surface area contributed by atoms with Gasteiger partial charge in [-0.25, -0.2) is 0 Å². The number of hydrogen-bond donors (Lipinski definition) is 1. The maximum Gasteiger partial charge on any atom is 0.0645 e. The van der Waals surface area contributed by atoms with Crippen LogP contribution in [0.25, 0.3) is 0 Å². The number of anilines is 1. The summed E-state index contributed by atoms with van der Waals surface area (Å²) in [5.41, 5.74) is 4.60. The second-order valence-corrected chi connectivity index (χ2v) is 7.45. The Bertz CT molecular complexity index is 813. The van der Waals surface area contributed by atoms with Gasteiger partial charge in [-0.3, -0.25) is 0 Å². The van der Waals surface area contributed by atoms with Gasteiger partial charge in [0.05, 0.1) is 16.1 Å². The van der Waals surface area contributed by atoms with E-state index < -0.39 is 0 Å². The van der Waals surface area contributed by atoms with Crippen LogP contribution in [0, 0.1) is 12.8 Å². The van der Waals surface area contributed by atoms with Crippen LogP contribution >= 0.6 is 34.8 Å². The fourth-order valence-electron chi connectivity index (χ4n) is 3.86. The van der Waals surface area contributed by atoms with E-state index in [2.05, 4.69) is 36.5 Å². The van der Waals surface area contributed by atoms with Crippen LogP contribution < -0.4 is 5.32 Å². The van der Waals surface area contributed by atoms with Gasteiger partial charge in [0.25, 0.3) is 0 Å². The lowest BCUT2D eigenvalue weighted by Gasteiger charge is -2.39. The zero-order chi connectivity index (χ0) is 16.1. The molecule has 23 heavy (non-hydrogen) atoms. The van der Waals surface area contributed by atoms with E-state index in [9.17, 15) is 0 Å². The molecule has 3 atom stereocenters. The summed E-state index contributed by atoms with van der Waals surface area (Å²) in [4.78, 5) is 0. The second kappa shape index (κ2) is 5.73. The van der Waals surface area contributed by atoms with Gasteiger partial charge in [0, 0.05) is 16.6 Å². The van der Waals surface area contributed by atoms with Gasteiger partial charge in [-0.05, 0) is 48.1 Å². The molecule has 1 N–H and O–H groups in total. The van der Waals surface area contributed by atoms with Crippen molar-refractivity contribution in [1.29, 1.82) is 0 Å². The molecule has 1 aliphatic heterocycles. The summed E-state index contributed by atoms with van der Waals surface area (Å²) in [7, 11) is 0. The van der Waals surface area contributed by atoms with Crippen LogP contribution in [0.3, 0.4) is 0 Å². The summed E-state index contributed by atoms with van der Waals surface area (Å²) in [6.07, 6.45) is 5.61. The van der Waals surface area contributed by atoms with Crippen molar-refractivity contribution in [2.75, 3.05) is 5.32 Å². The molecule has 4 heteroatoms. The average Bonchev–Trinajstić information content (AvgIpc) is 3.03. The van der Waals surface area contributed by atoms with Gasteiger partial charge in [-0.15, -0.1) is 0 Å². The second-order valence-electron chi connectivity index (χ2n) is 6.26. The van der Waals surface area contributed by atoms with Crippen LogP contribution in [0.4, 0.5) is 5.69 Å². The quantitative estimate of drug-likeness (QED) is 0.550. The number of fused-ring (bicyclic) bond motifs is 3. The van der Waals surface area contributed by atoms with Crippen LogP contribution in [-0.4, -0.2) is 0 Å². The number of allylic oxidation sites excluding steroid dienone is 2. The minimum atomic E-state index is 0.130. The van der Waals surface area contributed by atoms with Crippen molar-refractivity contribution in [1.82, 2.24) is 0 Å². The molecule has 0 saturated carbocycles. The third-order valence-electron chi connectivity index (χ3n) is 5.05. The largest absolute Gasteiger partial charge is 0.377 e. The molecule has 0 saturated heterocycles. The Kier molecular flexibility index (Phi) is 3.84. The molecule has 2 aliphatic rings. The molecule has 1 aliphatic carbocycles. The van der Waals surface area contributed by atoms with Gasteiger partial charge in [-0.1, -0.05) is 65.2 Å². The zero-order valence-corrected chi connectivity index (χ0v) is 14.9. The topological polar surface area (TPSA) is 12.0 Å². The first kappa shape index (κ1) is 15.4. The monoisotopic (exact) mass is 363 g/mol. The third-order valence-corrected chi connectivity index (χ3v) is 6.29. The van der Waals surface area contributed by atoms with Crippen LogP contribution in [0.2, 0.25) is 15.1 Å². The molecule has 0 aromatic heterocycles. The summed E-state index contributed by atoms with van der Waals surface area (Å²) in [6, 6.07) is 10.1. The van der Waals surface area contributed by atoms with Gasteiger partial charge in [0.15, 0.2) is 0 Å². The predicted octanol–water partition coefficient (Wildman–Crippen LogP) is 6.78. The van der Waals surface area contributed by atoms with Gasteiger partial charge < -0.3 is 5.32 Å². The van der Waals surface area contributed by atoms with E-state index in [1.807, 2.05) is 18.2 Å². The molecular formula is C19H16Cl3N. The molecular weight excluding hydrogens is 349 g/mol. The summed E-state index contributed by atoms with van der Waals surface area (Å²) in [6.45, 7) is 2.06. The Balaban J connectivity index is 1.87. The zero-order valence-electron chi connectivity index (χ0n) is 12.6. The summed E-state index contributed by atoms with van der Waals surface area (Å²) in [5, 5.41) is 5.72. The number of hydrogen-bond acceptors (Lipinski definition) is 1. The van der Waals surface area contributed by atoms with Crippen molar-refractivity contribution < 1.29 is 0 Å². The van der Waals surface area contributed by atoms with Crippen LogP contribution in [-0.2, 0) is 0 Å². The number of halogens is 3. The van der Waals surface area contributed by atoms with E-state index in [1.165, 1.54) is 5.56 Å². The molecule has 0 amide bonds. The molecule has 0 radical (unpaired) electrons. The highest BCUT2D eigenvalue weighted by Gasteiger charge is 2.39. The molecule has 2 aromatic carbocycles. The number of rotatable bonds is 1. The van der Waals surface area contributed by atoms with E-state index in [4.69, 9.17) is 34.8 Å². The molecule has 2 aromatic rings. The van der Waals surface area contributed by atoms with Crippen molar-refractivity contribution in [3.8, 4) is 0 Å². The van der Waals surface area contributed by atoms with Crippen molar-refractivity contribution in [3.05, 3.63) is 74.2 Å². The standard InChI is InChI=1S/C19H16Cl3N/c1-10-15(20)9-8-13-11-4-2-5-12(11)19(23-18(10)13)14-6-3-7-16(21)17(14)22/h2-4,6-9,11-12,19,23H,5H2,1H3/t11-,12+,19-/m0/s1. The van der Waals surface area contributed by atoms with Crippen LogP contribution in [0.1, 0.15) is 35.1 Å². The van der Waals surface area contributed by atoms with Crippen molar-refractivity contribution in [2.24, 2.45) is 5.92 Å². The van der Waals surface area contributed by atoms with E-state index in [0.29, 0.717) is 21.9 Å². The maximum atomic E-state index is 6.50. The van der Waals surface area contributed by atoms with E-state index in [-0.39, 0.29) is 6.04 Å². The van der Waals surface area contributed by atoms with Crippen molar-refractivity contribution >= 4 is 40.5 Å². The lowest BCUT2D eigenvalue weighted by atomic mass is 9.76. The summed E-state index contributed by atoms with van der Waals surface area (Å²) < 4.78 is 0. The maximum absolute atomic E-state index is 6.50. The Morgan fingerprint density at radius 3 is 2.65 bits per heavy atom. The lowest BCUT2D eigenvalue weighted by Crippen LogP contribution is -2.29. The van der Waals surface area contributed by atoms with Crippen molar-refractivity contribution in [2.45, 2.75) is 25.3 Å². The van der Waals surface area contributed by atoms with Crippen LogP contribution in [0.5, 0.6) is 0 Å². The smallest absolute Gasteiger partial charge is 0.0645 e. The molecule has 1 heterocycles. The molecule has 0 unspecified atom stereocenters. The Morgan fingerprint density at radius 1 is 1.00 bits per heavy atom. The highest BCUT2D eigenvalue weighted by atomic mass is 35.5. The summed E-state index contributed by atoms with van der Waals surface area (Å²) in [5.74, 6) is 0.835. The number of nitrogens with one attached hydrogen (secondary N) is 1. The summed E-state index contributed by atoms with van der Waals surface area (Å²) >= 11 is 19.1. The van der Waals surface area contributed by atoms with E-state index in [1.54, 1.807) is 0 Å². The minimum absolute atomic E-state index is 0.130. The normalized spacial score (nSPS) is 25.0. The first-order chi connectivity index (χ1) is 11.1. The third kappa shape index (κ3) is 2.38. The van der Waals surface area contributed by atoms with Gasteiger partial charge in [0.2, 0.25) is 0 Å². The molecule has 0 fully saturated rings. The SMILES string of the molecule is Cc1c(Cl)ccc2c1N[C@H](c1cccc(Cl)c1Cl)[C@@H]1CC=C[C@H]21. The highest BCUT2D eigenvalue weighted by molar-refractivity contribution is 6.42. The molecule has 0 spiro atoms. The minimum Gasteiger partial charge on any atom is -0.377 e. The fourth-order valence-corrected chi connectivity index (χ4v) is 4.44.